The number of nitrogens with zero attached hydrogens (tertiary/aromatic N) is 1. The SMILES string of the molecule is CN(CCC(Oc1ccc(C(F)(F)F)cc1)c1ccccc1)C(=O)SCCO. The van der Waals surface area contributed by atoms with Gasteiger partial charge in [0.05, 0.1) is 12.2 Å². The molecule has 2 rings (SSSR count). The summed E-state index contributed by atoms with van der Waals surface area (Å²) >= 11 is 1.03. The summed E-state index contributed by atoms with van der Waals surface area (Å²) in [4.78, 5) is 13.5. The molecule has 0 radical (unpaired) electrons. The third-order valence-corrected chi connectivity index (χ3v) is 4.93. The third-order valence-electron chi connectivity index (χ3n) is 3.99. The first kappa shape index (κ1) is 22.1. The normalized spacial score (nSPS) is 12.5. The standard InChI is InChI=1S/C20H22F3NO3S/c1-24(19(26)28-14-13-25)12-11-18(15-5-3-2-4-6-15)27-17-9-7-16(8-10-17)20(21,22)23/h2-10,18,25H,11-14H2,1H3. The molecule has 152 valence electrons. The molecule has 1 unspecified atom stereocenters. The quantitative estimate of drug-likeness (QED) is 0.662. The average molecular weight is 413 g/mol. The second-order valence-electron chi connectivity index (χ2n) is 6.09. The van der Waals surface area contributed by atoms with Gasteiger partial charge in [-0.2, -0.15) is 13.2 Å². The number of thioether (sulfide) groups is 1. The minimum atomic E-state index is -4.40. The average Bonchev–Trinajstić information content (AvgIpc) is 2.69. The highest BCUT2D eigenvalue weighted by molar-refractivity contribution is 8.13. The van der Waals surface area contributed by atoms with Gasteiger partial charge in [-0.05, 0) is 29.8 Å². The van der Waals surface area contributed by atoms with E-state index in [2.05, 4.69) is 0 Å². The van der Waals surface area contributed by atoms with Crippen molar-refractivity contribution in [2.75, 3.05) is 26.0 Å². The van der Waals surface area contributed by atoms with Gasteiger partial charge < -0.3 is 14.7 Å². The first-order chi connectivity index (χ1) is 13.3. The highest BCUT2D eigenvalue weighted by atomic mass is 32.2. The Morgan fingerprint density at radius 1 is 1.14 bits per heavy atom. The number of benzene rings is 2. The maximum atomic E-state index is 12.7. The molecule has 0 aliphatic rings. The van der Waals surface area contributed by atoms with Gasteiger partial charge in [-0.15, -0.1) is 0 Å². The first-order valence-corrected chi connectivity index (χ1v) is 9.67. The summed E-state index contributed by atoms with van der Waals surface area (Å²) in [6.45, 7) is 0.325. The molecule has 28 heavy (non-hydrogen) atoms. The molecule has 4 nitrogen and oxygen atoms in total. The van der Waals surface area contributed by atoms with Crippen LogP contribution in [0.1, 0.15) is 23.7 Å². The number of alkyl halides is 3. The molecule has 0 heterocycles. The van der Waals surface area contributed by atoms with Gasteiger partial charge in [0.2, 0.25) is 0 Å². The van der Waals surface area contributed by atoms with E-state index in [0.717, 1.165) is 29.5 Å². The summed E-state index contributed by atoms with van der Waals surface area (Å²) < 4.78 is 44.1. The highest BCUT2D eigenvalue weighted by Crippen LogP contribution is 2.32. The molecule has 0 fully saturated rings. The molecule has 1 amide bonds. The Hall–Kier alpha value is -2.19. The van der Waals surface area contributed by atoms with E-state index in [9.17, 15) is 18.0 Å². The molecule has 1 atom stereocenters. The van der Waals surface area contributed by atoms with Crippen LogP contribution in [0.25, 0.3) is 0 Å². The summed E-state index contributed by atoms with van der Waals surface area (Å²) in [6, 6.07) is 13.9. The van der Waals surface area contributed by atoms with Crippen LogP contribution in [-0.2, 0) is 6.18 Å². The molecule has 1 N–H and O–H groups in total. The molecule has 0 saturated heterocycles. The highest BCUT2D eigenvalue weighted by Gasteiger charge is 2.30. The number of ether oxygens (including phenoxy) is 1. The minimum Gasteiger partial charge on any atom is -0.486 e. The molecular weight excluding hydrogens is 391 g/mol. The van der Waals surface area contributed by atoms with E-state index in [0.29, 0.717) is 24.5 Å². The van der Waals surface area contributed by atoms with Crippen molar-refractivity contribution in [2.45, 2.75) is 18.7 Å². The Balaban J connectivity index is 2.07. The van der Waals surface area contributed by atoms with Crippen LogP contribution in [0.2, 0.25) is 0 Å². The van der Waals surface area contributed by atoms with Crippen molar-refractivity contribution in [3.05, 3.63) is 65.7 Å². The molecule has 0 aromatic heterocycles. The lowest BCUT2D eigenvalue weighted by atomic mass is 10.1. The molecule has 0 spiro atoms. The van der Waals surface area contributed by atoms with E-state index in [4.69, 9.17) is 9.84 Å². The molecule has 8 heteroatoms. The van der Waals surface area contributed by atoms with Gasteiger partial charge in [0.15, 0.2) is 0 Å². The molecule has 2 aromatic carbocycles. The number of aliphatic hydroxyl groups is 1. The van der Waals surface area contributed by atoms with Crippen LogP contribution in [0.5, 0.6) is 5.75 Å². The fourth-order valence-electron chi connectivity index (χ4n) is 2.49. The lowest BCUT2D eigenvalue weighted by Gasteiger charge is -2.23. The second kappa shape index (κ2) is 10.4. The topological polar surface area (TPSA) is 49.8 Å². The predicted octanol–water partition coefficient (Wildman–Crippen LogP) is 4.99. The van der Waals surface area contributed by atoms with Crippen molar-refractivity contribution in [1.29, 1.82) is 0 Å². The number of hydrogen-bond acceptors (Lipinski definition) is 4. The summed E-state index contributed by atoms with van der Waals surface area (Å²) in [5.41, 5.74) is 0.133. The fraction of sp³-hybridized carbons (Fsp3) is 0.350. The van der Waals surface area contributed by atoms with Crippen LogP contribution in [0, 0.1) is 0 Å². The number of carbonyl (C=O) groups excluding carboxylic acids is 1. The third kappa shape index (κ3) is 6.76. The van der Waals surface area contributed by atoms with Crippen LogP contribution in [0.3, 0.4) is 0 Å². The number of carbonyl (C=O) groups is 1. The van der Waals surface area contributed by atoms with E-state index < -0.39 is 17.8 Å². The molecule has 2 aromatic rings. The smallest absolute Gasteiger partial charge is 0.416 e. The minimum absolute atomic E-state index is 0.0755. The zero-order valence-corrected chi connectivity index (χ0v) is 16.2. The van der Waals surface area contributed by atoms with Crippen LogP contribution < -0.4 is 4.74 Å². The number of hydrogen-bond donors (Lipinski definition) is 1. The van der Waals surface area contributed by atoms with Gasteiger partial charge in [0.25, 0.3) is 5.24 Å². The van der Waals surface area contributed by atoms with Crippen LogP contribution in [-0.4, -0.2) is 41.2 Å². The largest absolute Gasteiger partial charge is 0.486 e. The number of amides is 1. The molecule has 0 aliphatic heterocycles. The monoisotopic (exact) mass is 413 g/mol. The summed E-state index contributed by atoms with van der Waals surface area (Å²) in [7, 11) is 1.66. The van der Waals surface area contributed by atoms with Gasteiger partial charge in [0, 0.05) is 25.8 Å². The molecular formula is C20H22F3NO3S. The van der Waals surface area contributed by atoms with Crippen molar-refractivity contribution in [1.82, 2.24) is 4.90 Å². The summed E-state index contributed by atoms with van der Waals surface area (Å²) in [5.74, 6) is 0.651. The zero-order valence-electron chi connectivity index (χ0n) is 15.4. The van der Waals surface area contributed by atoms with E-state index >= 15 is 0 Å². The lowest BCUT2D eigenvalue weighted by Crippen LogP contribution is -2.26. The van der Waals surface area contributed by atoms with Crippen LogP contribution >= 0.6 is 11.8 Å². The molecule has 0 bridgehead atoms. The number of halogens is 3. The second-order valence-corrected chi connectivity index (χ2v) is 7.13. The van der Waals surface area contributed by atoms with Crippen molar-refractivity contribution < 1.29 is 27.8 Å². The van der Waals surface area contributed by atoms with E-state index in [1.54, 1.807) is 7.05 Å². The van der Waals surface area contributed by atoms with Crippen molar-refractivity contribution in [2.24, 2.45) is 0 Å². The van der Waals surface area contributed by atoms with Gasteiger partial charge in [-0.3, -0.25) is 4.79 Å². The van der Waals surface area contributed by atoms with Gasteiger partial charge in [-0.25, -0.2) is 0 Å². The van der Waals surface area contributed by atoms with Crippen molar-refractivity contribution in [3.8, 4) is 5.75 Å². The first-order valence-electron chi connectivity index (χ1n) is 8.69. The summed E-state index contributed by atoms with van der Waals surface area (Å²) in [5, 5.41) is 8.66. The van der Waals surface area contributed by atoms with E-state index in [-0.39, 0.29) is 11.8 Å². The number of aliphatic hydroxyl groups excluding tert-OH is 1. The Bertz CT molecular complexity index is 739. The van der Waals surface area contributed by atoms with E-state index in [1.807, 2.05) is 30.3 Å². The predicted molar refractivity (Wildman–Crippen MR) is 103 cm³/mol. The molecule has 0 saturated carbocycles. The molecule has 0 aliphatic carbocycles. The van der Waals surface area contributed by atoms with Crippen molar-refractivity contribution >= 4 is 17.0 Å². The van der Waals surface area contributed by atoms with Gasteiger partial charge in [-0.1, -0.05) is 42.1 Å². The Kier molecular flexibility index (Phi) is 8.19. The Morgan fingerprint density at radius 3 is 2.36 bits per heavy atom. The van der Waals surface area contributed by atoms with Crippen molar-refractivity contribution in [3.63, 3.8) is 0 Å². The Morgan fingerprint density at radius 2 is 1.79 bits per heavy atom. The zero-order chi connectivity index (χ0) is 20.6. The van der Waals surface area contributed by atoms with Crippen LogP contribution in [0.4, 0.5) is 18.0 Å². The van der Waals surface area contributed by atoms with E-state index in [1.165, 1.54) is 17.0 Å². The van der Waals surface area contributed by atoms with Gasteiger partial charge >= 0.3 is 6.18 Å². The maximum Gasteiger partial charge on any atom is 0.416 e. The van der Waals surface area contributed by atoms with Crippen LogP contribution in [0.15, 0.2) is 54.6 Å². The fourth-order valence-corrected chi connectivity index (χ4v) is 3.07. The lowest BCUT2D eigenvalue weighted by molar-refractivity contribution is -0.137. The maximum absolute atomic E-state index is 12.7. The van der Waals surface area contributed by atoms with Gasteiger partial charge in [0.1, 0.15) is 11.9 Å². The Labute approximate surface area is 166 Å². The summed E-state index contributed by atoms with van der Waals surface area (Å²) in [6.07, 6.45) is -4.35. The number of rotatable bonds is 8.